The summed E-state index contributed by atoms with van der Waals surface area (Å²) in [6.45, 7) is 2.97. The van der Waals surface area contributed by atoms with Crippen LogP contribution < -0.4 is 4.72 Å². The van der Waals surface area contributed by atoms with Crippen LogP contribution in [0.3, 0.4) is 0 Å². The second-order valence-electron chi connectivity index (χ2n) is 5.80. The molecule has 0 aliphatic carbocycles. The van der Waals surface area contributed by atoms with Gasteiger partial charge in [-0.3, -0.25) is 0 Å². The number of rotatable bonds is 6. The molecule has 1 aromatic rings. The zero-order valence-corrected chi connectivity index (χ0v) is 13.2. The highest BCUT2D eigenvalue weighted by molar-refractivity contribution is 7.87. The maximum absolute atomic E-state index is 12.4. The fraction of sp³-hybridized carbons (Fsp3) is 0.600. The lowest BCUT2D eigenvalue weighted by molar-refractivity contribution is 0.245. The lowest BCUT2D eigenvalue weighted by Gasteiger charge is -2.31. The van der Waals surface area contributed by atoms with E-state index in [0.717, 1.165) is 18.4 Å². The Hall–Kier alpha value is -0.950. The van der Waals surface area contributed by atoms with Gasteiger partial charge in [-0.2, -0.15) is 17.4 Å². The summed E-state index contributed by atoms with van der Waals surface area (Å²) >= 11 is 0. The minimum atomic E-state index is -3.52. The molecule has 1 fully saturated rings. The summed E-state index contributed by atoms with van der Waals surface area (Å²) in [5, 5.41) is 9.46. The van der Waals surface area contributed by atoms with Crippen LogP contribution in [0.2, 0.25) is 0 Å². The quantitative estimate of drug-likeness (QED) is 0.828. The molecule has 118 valence electrons. The van der Waals surface area contributed by atoms with Gasteiger partial charge in [0.25, 0.3) is 10.2 Å². The number of aliphatic hydroxyl groups excluding tert-OH is 1. The average Bonchev–Trinajstić information content (AvgIpc) is 2.47. The van der Waals surface area contributed by atoms with Crippen LogP contribution in [0.15, 0.2) is 30.3 Å². The van der Waals surface area contributed by atoms with Gasteiger partial charge in [0.15, 0.2) is 0 Å². The summed E-state index contributed by atoms with van der Waals surface area (Å²) in [6, 6.07) is 9.10. The molecule has 1 heterocycles. The van der Waals surface area contributed by atoms with Crippen LogP contribution in [-0.2, 0) is 16.6 Å². The maximum atomic E-state index is 12.4. The van der Waals surface area contributed by atoms with Gasteiger partial charge in [-0.05, 0) is 30.7 Å². The molecule has 0 amide bonds. The Labute approximate surface area is 127 Å². The Morgan fingerprint density at radius 2 is 2.10 bits per heavy atom. The minimum absolute atomic E-state index is 0.211. The Morgan fingerprint density at radius 1 is 1.38 bits per heavy atom. The van der Waals surface area contributed by atoms with Crippen LogP contribution in [0.25, 0.3) is 0 Å². The van der Waals surface area contributed by atoms with Crippen LogP contribution in [0.4, 0.5) is 0 Å². The molecule has 2 rings (SSSR count). The maximum Gasteiger partial charge on any atom is 0.279 e. The summed E-state index contributed by atoms with van der Waals surface area (Å²) in [4.78, 5) is 0. The first-order chi connectivity index (χ1) is 10.0. The molecular formula is C15H24N2O3S. The predicted octanol–water partition coefficient (Wildman–Crippen LogP) is 1.16. The first kappa shape index (κ1) is 16.4. The van der Waals surface area contributed by atoms with Crippen molar-refractivity contribution in [3.8, 4) is 0 Å². The number of nitrogens with one attached hydrogen (secondary N) is 1. The second kappa shape index (κ2) is 7.35. The van der Waals surface area contributed by atoms with Crippen LogP contribution >= 0.6 is 0 Å². The molecule has 1 aliphatic heterocycles. The van der Waals surface area contributed by atoms with E-state index in [1.807, 2.05) is 30.3 Å². The number of aliphatic hydroxyl groups is 1. The molecule has 0 bridgehead atoms. The van der Waals surface area contributed by atoms with Gasteiger partial charge in [-0.15, -0.1) is 0 Å². The summed E-state index contributed by atoms with van der Waals surface area (Å²) in [7, 11) is -3.52. The molecule has 0 radical (unpaired) electrons. The van der Waals surface area contributed by atoms with Gasteiger partial charge in [0.1, 0.15) is 0 Å². The standard InChI is InChI=1S/C15H24N2O3S/c1-13-6-5-9-17(11-13)21(19,20)16-15(12-18)10-14-7-3-2-4-8-14/h2-4,7-8,13,15-16,18H,5-6,9-12H2,1H3/t13?,15-/m1/s1. The molecule has 2 atom stereocenters. The van der Waals surface area contributed by atoms with Gasteiger partial charge in [0.05, 0.1) is 12.6 Å². The van der Waals surface area contributed by atoms with E-state index in [1.165, 1.54) is 4.31 Å². The van der Waals surface area contributed by atoms with E-state index >= 15 is 0 Å². The normalized spacial score (nSPS) is 22.1. The Balaban J connectivity index is 1.99. The van der Waals surface area contributed by atoms with Crippen molar-refractivity contribution in [2.24, 2.45) is 5.92 Å². The largest absolute Gasteiger partial charge is 0.395 e. The fourth-order valence-corrected chi connectivity index (χ4v) is 4.24. The van der Waals surface area contributed by atoms with Gasteiger partial charge in [0, 0.05) is 13.1 Å². The monoisotopic (exact) mass is 312 g/mol. The van der Waals surface area contributed by atoms with E-state index in [-0.39, 0.29) is 6.61 Å². The molecule has 21 heavy (non-hydrogen) atoms. The zero-order chi connectivity index (χ0) is 15.3. The van der Waals surface area contributed by atoms with E-state index in [1.54, 1.807) is 0 Å². The highest BCUT2D eigenvalue weighted by Gasteiger charge is 2.28. The number of hydrogen-bond acceptors (Lipinski definition) is 3. The predicted molar refractivity (Wildman–Crippen MR) is 83.0 cm³/mol. The van der Waals surface area contributed by atoms with Crippen molar-refractivity contribution in [1.82, 2.24) is 9.03 Å². The highest BCUT2D eigenvalue weighted by atomic mass is 32.2. The van der Waals surface area contributed by atoms with Gasteiger partial charge in [0.2, 0.25) is 0 Å². The number of hydrogen-bond donors (Lipinski definition) is 2. The van der Waals surface area contributed by atoms with Crippen LogP contribution in [0.1, 0.15) is 25.3 Å². The average molecular weight is 312 g/mol. The van der Waals surface area contributed by atoms with E-state index in [4.69, 9.17) is 0 Å². The molecule has 5 nitrogen and oxygen atoms in total. The summed E-state index contributed by atoms with van der Waals surface area (Å²) < 4.78 is 28.9. The molecular weight excluding hydrogens is 288 g/mol. The molecule has 1 unspecified atom stereocenters. The molecule has 0 aromatic heterocycles. The topological polar surface area (TPSA) is 69.6 Å². The summed E-state index contributed by atoms with van der Waals surface area (Å²) in [5.41, 5.74) is 1.01. The van der Waals surface area contributed by atoms with Crippen molar-refractivity contribution < 1.29 is 13.5 Å². The van der Waals surface area contributed by atoms with E-state index < -0.39 is 16.3 Å². The Kier molecular flexibility index (Phi) is 5.75. The van der Waals surface area contributed by atoms with E-state index in [2.05, 4.69) is 11.6 Å². The van der Waals surface area contributed by atoms with Crippen LogP contribution in [0.5, 0.6) is 0 Å². The Morgan fingerprint density at radius 3 is 2.71 bits per heavy atom. The van der Waals surface area contributed by atoms with Gasteiger partial charge in [-0.1, -0.05) is 37.3 Å². The van der Waals surface area contributed by atoms with Crippen LogP contribution in [-0.4, -0.2) is 43.6 Å². The van der Waals surface area contributed by atoms with Gasteiger partial charge in [-0.25, -0.2) is 0 Å². The smallest absolute Gasteiger partial charge is 0.279 e. The van der Waals surface area contributed by atoms with Gasteiger partial charge >= 0.3 is 0 Å². The first-order valence-corrected chi connectivity index (χ1v) is 8.87. The van der Waals surface area contributed by atoms with E-state index in [9.17, 15) is 13.5 Å². The van der Waals surface area contributed by atoms with Crippen molar-refractivity contribution in [3.05, 3.63) is 35.9 Å². The Bertz CT molecular complexity index is 533. The lowest BCUT2D eigenvalue weighted by Crippen LogP contribution is -2.50. The highest BCUT2D eigenvalue weighted by Crippen LogP contribution is 2.18. The van der Waals surface area contributed by atoms with Crippen molar-refractivity contribution in [3.63, 3.8) is 0 Å². The third-order valence-corrected chi connectivity index (χ3v) is 5.46. The molecule has 0 spiro atoms. The molecule has 6 heteroatoms. The third-order valence-electron chi connectivity index (χ3n) is 3.82. The zero-order valence-electron chi connectivity index (χ0n) is 12.4. The van der Waals surface area contributed by atoms with Gasteiger partial charge < -0.3 is 5.11 Å². The molecule has 0 saturated carbocycles. The number of piperidine rings is 1. The molecule has 2 N–H and O–H groups in total. The first-order valence-electron chi connectivity index (χ1n) is 7.43. The molecule has 1 aromatic carbocycles. The molecule has 1 aliphatic rings. The minimum Gasteiger partial charge on any atom is -0.395 e. The SMILES string of the molecule is CC1CCCN(S(=O)(=O)N[C@@H](CO)Cc2ccccc2)C1. The van der Waals surface area contributed by atoms with Crippen molar-refractivity contribution in [2.45, 2.75) is 32.2 Å². The van der Waals surface area contributed by atoms with Crippen molar-refractivity contribution >= 4 is 10.2 Å². The third kappa shape index (κ3) is 4.78. The van der Waals surface area contributed by atoms with Crippen molar-refractivity contribution in [2.75, 3.05) is 19.7 Å². The summed E-state index contributed by atoms with van der Waals surface area (Å²) in [5.74, 6) is 0.386. The lowest BCUT2D eigenvalue weighted by atomic mass is 10.0. The van der Waals surface area contributed by atoms with E-state index in [0.29, 0.717) is 25.4 Å². The van der Waals surface area contributed by atoms with Crippen LogP contribution in [0, 0.1) is 5.92 Å². The fourth-order valence-electron chi connectivity index (χ4n) is 2.69. The van der Waals surface area contributed by atoms with Crippen molar-refractivity contribution in [1.29, 1.82) is 0 Å². The second-order valence-corrected chi connectivity index (χ2v) is 7.50. The number of benzene rings is 1. The number of nitrogens with zero attached hydrogens (tertiary/aromatic N) is 1. The summed E-state index contributed by atoms with van der Waals surface area (Å²) in [6.07, 6.45) is 2.45. The molecule has 1 saturated heterocycles.